The van der Waals surface area contributed by atoms with Gasteiger partial charge in [-0.3, -0.25) is 14.4 Å². The molecule has 0 bridgehead atoms. The molecule has 0 fully saturated rings. The van der Waals surface area contributed by atoms with E-state index in [1.165, 1.54) is 12.1 Å². The van der Waals surface area contributed by atoms with Crippen LogP contribution in [0.15, 0.2) is 84.9 Å². The molecule has 0 spiro atoms. The number of aliphatic hydroxyl groups is 1. The summed E-state index contributed by atoms with van der Waals surface area (Å²) in [5, 5.41) is 11.7. The average Bonchev–Trinajstić information content (AvgIpc) is 3.10. The number of aliphatic hydroxyl groups excluding tert-OH is 1. The van der Waals surface area contributed by atoms with Gasteiger partial charge >= 0.3 is 17.9 Å². The largest absolute Gasteiger partial charge is 0.489 e. The van der Waals surface area contributed by atoms with Gasteiger partial charge in [-0.05, 0) is 85.6 Å². The van der Waals surface area contributed by atoms with Crippen LogP contribution in [0.2, 0.25) is 0 Å². The molecule has 0 aliphatic carbocycles. The van der Waals surface area contributed by atoms with Gasteiger partial charge in [0.2, 0.25) is 5.75 Å². The van der Waals surface area contributed by atoms with E-state index in [1.54, 1.807) is 74.4 Å². The number of carbonyl (C=O) groups excluding carboxylic acids is 3. The van der Waals surface area contributed by atoms with Gasteiger partial charge in [0.15, 0.2) is 17.6 Å². The van der Waals surface area contributed by atoms with E-state index in [0.717, 1.165) is 11.1 Å². The molecule has 0 aromatic heterocycles. The lowest BCUT2D eigenvalue weighted by molar-refractivity contribution is -0.146. The first-order valence-electron chi connectivity index (χ1n) is 18.0. The van der Waals surface area contributed by atoms with Gasteiger partial charge in [-0.25, -0.2) is 0 Å². The smallest absolute Gasteiger partial charge is 0.316 e. The maximum absolute atomic E-state index is 13.3. The number of hydrogen-bond acceptors (Lipinski definition) is 10. The standard InChI is InChI=1S/C44H50O10/c1-42(2,3)39(46)52-35-20-29(21-36(53-40(47)43(4,5)6)38(35)54-41(48)44(7,8)9)37-32(45)24-31-33(50-26-28-18-14-11-15-19-28)22-30(23-34(31)51-37)49-25-27-16-12-10-13-17-27/h10-23,32,37,45H,24-26H2,1-9H3/t32-,37-/m1/s1. The Morgan fingerprint density at radius 1 is 0.630 bits per heavy atom. The zero-order chi connectivity index (χ0) is 39.4. The second-order valence-electron chi connectivity index (χ2n) is 16.5. The Morgan fingerprint density at radius 2 is 1.09 bits per heavy atom. The van der Waals surface area contributed by atoms with Crippen molar-refractivity contribution in [3.8, 4) is 34.5 Å². The molecular formula is C44H50O10. The molecule has 5 rings (SSSR count). The van der Waals surface area contributed by atoms with Crippen molar-refractivity contribution in [3.05, 3.63) is 107 Å². The third-order valence-corrected chi connectivity index (χ3v) is 8.45. The highest BCUT2D eigenvalue weighted by atomic mass is 16.6. The van der Waals surface area contributed by atoms with Crippen molar-refractivity contribution in [2.45, 2.75) is 94.2 Å². The number of carbonyl (C=O) groups is 3. The van der Waals surface area contributed by atoms with E-state index < -0.39 is 46.4 Å². The molecule has 1 aliphatic rings. The van der Waals surface area contributed by atoms with Crippen LogP contribution in [0.5, 0.6) is 34.5 Å². The first-order valence-corrected chi connectivity index (χ1v) is 18.0. The van der Waals surface area contributed by atoms with Gasteiger partial charge in [0.25, 0.3) is 0 Å². The van der Waals surface area contributed by atoms with Gasteiger partial charge in [0.1, 0.15) is 30.5 Å². The summed E-state index contributed by atoms with van der Waals surface area (Å²) in [7, 11) is 0. The lowest BCUT2D eigenvalue weighted by Crippen LogP contribution is -2.32. The van der Waals surface area contributed by atoms with Crippen LogP contribution in [0.4, 0.5) is 0 Å². The minimum Gasteiger partial charge on any atom is -0.489 e. The first-order chi connectivity index (χ1) is 25.3. The number of fused-ring (bicyclic) bond motifs is 1. The topological polar surface area (TPSA) is 127 Å². The zero-order valence-electron chi connectivity index (χ0n) is 32.5. The lowest BCUT2D eigenvalue weighted by Gasteiger charge is -2.33. The molecule has 54 heavy (non-hydrogen) atoms. The minimum atomic E-state index is -1.13. The van der Waals surface area contributed by atoms with E-state index in [2.05, 4.69) is 0 Å². The molecule has 1 heterocycles. The summed E-state index contributed by atoms with van der Waals surface area (Å²) in [6.07, 6.45) is -2.05. The second-order valence-corrected chi connectivity index (χ2v) is 16.5. The fraction of sp³-hybridized carbons (Fsp3) is 0.386. The van der Waals surface area contributed by atoms with Crippen LogP contribution < -0.4 is 28.4 Å². The number of hydrogen-bond donors (Lipinski definition) is 1. The molecule has 286 valence electrons. The van der Waals surface area contributed by atoms with Crippen molar-refractivity contribution in [2.75, 3.05) is 0 Å². The summed E-state index contributed by atoms with van der Waals surface area (Å²) >= 11 is 0. The van der Waals surface area contributed by atoms with Crippen molar-refractivity contribution in [1.82, 2.24) is 0 Å². The predicted molar refractivity (Wildman–Crippen MR) is 203 cm³/mol. The number of esters is 3. The van der Waals surface area contributed by atoms with E-state index in [0.29, 0.717) is 35.0 Å². The molecule has 4 aromatic rings. The lowest BCUT2D eigenvalue weighted by atomic mass is 9.93. The highest BCUT2D eigenvalue weighted by molar-refractivity contribution is 5.84. The molecule has 1 aliphatic heterocycles. The van der Waals surface area contributed by atoms with Gasteiger partial charge in [0, 0.05) is 29.7 Å². The van der Waals surface area contributed by atoms with Crippen molar-refractivity contribution in [1.29, 1.82) is 0 Å². The molecule has 0 radical (unpaired) electrons. The van der Waals surface area contributed by atoms with Crippen LogP contribution in [0.3, 0.4) is 0 Å². The predicted octanol–water partition coefficient (Wildman–Crippen LogP) is 8.74. The van der Waals surface area contributed by atoms with Gasteiger partial charge < -0.3 is 33.5 Å². The fourth-order valence-corrected chi connectivity index (χ4v) is 5.18. The normalized spacial score (nSPS) is 15.7. The summed E-state index contributed by atoms with van der Waals surface area (Å²) in [6.45, 7) is 15.7. The molecule has 10 heteroatoms. The van der Waals surface area contributed by atoms with E-state index in [-0.39, 0.29) is 30.3 Å². The SMILES string of the molecule is CC(C)(C)C(=O)Oc1cc([C@H]2Oc3cc(OCc4ccccc4)cc(OCc4ccccc4)c3C[C@H]2O)cc(OC(=O)C(C)(C)C)c1OC(=O)C(C)(C)C. The number of rotatable bonds is 10. The summed E-state index contributed by atoms with van der Waals surface area (Å²) in [5.41, 5.74) is 0.0147. The van der Waals surface area contributed by atoms with Crippen molar-refractivity contribution in [3.63, 3.8) is 0 Å². The van der Waals surface area contributed by atoms with Crippen molar-refractivity contribution in [2.24, 2.45) is 16.2 Å². The maximum atomic E-state index is 13.3. The molecule has 10 nitrogen and oxygen atoms in total. The van der Waals surface area contributed by atoms with Crippen molar-refractivity contribution < 1.29 is 47.9 Å². The monoisotopic (exact) mass is 738 g/mol. The Labute approximate surface area is 317 Å². The van der Waals surface area contributed by atoms with E-state index in [1.807, 2.05) is 60.7 Å². The Hall–Kier alpha value is -5.35. The Balaban J connectivity index is 1.59. The molecule has 2 atom stereocenters. The van der Waals surface area contributed by atoms with Gasteiger partial charge in [0.05, 0.1) is 22.3 Å². The van der Waals surface area contributed by atoms with E-state index >= 15 is 0 Å². The highest BCUT2D eigenvalue weighted by Gasteiger charge is 2.37. The summed E-state index contributed by atoms with van der Waals surface area (Å²) < 4.78 is 36.6. The quantitative estimate of drug-likeness (QED) is 0.125. The van der Waals surface area contributed by atoms with Crippen LogP contribution in [0.25, 0.3) is 0 Å². The second kappa shape index (κ2) is 15.9. The molecule has 0 amide bonds. The third kappa shape index (κ3) is 9.99. The van der Waals surface area contributed by atoms with E-state index in [9.17, 15) is 19.5 Å². The van der Waals surface area contributed by atoms with E-state index in [4.69, 9.17) is 28.4 Å². The minimum absolute atomic E-state index is 0.123. The highest BCUT2D eigenvalue weighted by Crippen LogP contribution is 2.47. The number of benzene rings is 4. The van der Waals surface area contributed by atoms with Crippen LogP contribution in [-0.2, 0) is 34.0 Å². The fourth-order valence-electron chi connectivity index (χ4n) is 5.18. The van der Waals surface area contributed by atoms with Gasteiger partial charge in [-0.1, -0.05) is 60.7 Å². The number of ether oxygens (including phenoxy) is 6. The third-order valence-electron chi connectivity index (χ3n) is 8.45. The molecular weight excluding hydrogens is 688 g/mol. The van der Waals surface area contributed by atoms with Crippen LogP contribution >= 0.6 is 0 Å². The maximum Gasteiger partial charge on any atom is 0.316 e. The summed E-state index contributed by atoms with van der Waals surface area (Å²) in [6, 6.07) is 25.9. The molecule has 0 unspecified atom stereocenters. The Bertz CT molecular complexity index is 1920. The Morgan fingerprint density at radius 3 is 1.57 bits per heavy atom. The van der Waals surface area contributed by atoms with Crippen molar-refractivity contribution >= 4 is 17.9 Å². The molecule has 4 aromatic carbocycles. The molecule has 0 saturated carbocycles. The average molecular weight is 739 g/mol. The van der Waals surface area contributed by atoms with Gasteiger partial charge in [-0.15, -0.1) is 0 Å². The first kappa shape index (κ1) is 39.8. The zero-order valence-corrected chi connectivity index (χ0v) is 32.5. The molecule has 0 saturated heterocycles. The van der Waals surface area contributed by atoms with Crippen LogP contribution in [0.1, 0.15) is 90.7 Å². The summed E-state index contributed by atoms with van der Waals surface area (Å²) in [4.78, 5) is 39.8. The Kier molecular flexibility index (Phi) is 11.8. The van der Waals surface area contributed by atoms with Crippen LogP contribution in [0, 0.1) is 16.2 Å². The van der Waals surface area contributed by atoms with Gasteiger partial charge in [-0.2, -0.15) is 0 Å². The van der Waals surface area contributed by atoms with Crippen LogP contribution in [-0.4, -0.2) is 29.1 Å². The summed E-state index contributed by atoms with van der Waals surface area (Å²) in [5.74, 6) is -1.11. The molecule has 1 N–H and O–H groups in total.